The molecule has 2 aromatic rings. The second kappa shape index (κ2) is 14.5. The largest absolute Gasteiger partial charge is 0.481 e. The van der Waals surface area contributed by atoms with E-state index in [0.29, 0.717) is 17.5 Å². The number of rotatable bonds is 6. The van der Waals surface area contributed by atoms with Crippen LogP contribution in [0.1, 0.15) is 45.2 Å². The highest BCUT2D eigenvalue weighted by atomic mass is 35.5. The number of benzene rings is 2. The predicted molar refractivity (Wildman–Crippen MR) is 145 cm³/mol. The van der Waals surface area contributed by atoms with Crippen molar-refractivity contribution in [1.82, 2.24) is 4.90 Å². The highest BCUT2D eigenvalue weighted by Crippen LogP contribution is 2.42. The van der Waals surface area contributed by atoms with E-state index in [-0.39, 0.29) is 24.6 Å². The fourth-order valence-corrected chi connectivity index (χ4v) is 4.97. The molecule has 2 aliphatic rings. The third-order valence-corrected chi connectivity index (χ3v) is 7.35. The molecule has 2 fully saturated rings. The lowest BCUT2D eigenvalue weighted by Gasteiger charge is -2.42. The Hall–Kier alpha value is -2.24. The average Bonchev–Trinajstić information content (AvgIpc) is 3.67. The summed E-state index contributed by atoms with van der Waals surface area (Å²) >= 11 is 13.2. The van der Waals surface area contributed by atoms with Crippen LogP contribution in [0.25, 0.3) is 0 Å². The predicted octanol–water partition coefficient (Wildman–Crippen LogP) is 6.48. The molecule has 2 atom stereocenters. The number of ether oxygens (including phenoxy) is 1. The van der Waals surface area contributed by atoms with Crippen LogP contribution >= 0.6 is 35.0 Å². The first-order valence-electron chi connectivity index (χ1n) is 11.6. The van der Waals surface area contributed by atoms with Crippen molar-refractivity contribution < 1.29 is 19.4 Å². The molecule has 1 aliphatic carbocycles. The van der Waals surface area contributed by atoms with Gasteiger partial charge in [0.25, 0.3) is 5.97 Å². The second-order valence-electron chi connectivity index (χ2n) is 9.04. The topological polar surface area (TPSA) is 90.6 Å². The number of carboxylic acid groups (broad SMARTS) is 1. The smallest absolute Gasteiger partial charge is 0.300 e. The molecular weight excluding hydrogens is 519 g/mol. The quantitative estimate of drug-likeness (QED) is 0.442. The van der Waals surface area contributed by atoms with Gasteiger partial charge in [0.15, 0.2) is 0 Å². The van der Waals surface area contributed by atoms with Gasteiger partial charge in [-0.2, -0.15) is 5.26 Å². The number of nitrogens with zero attached hydrogens (tertiary/aromatic N) is 2. The van der Waals surface area contributed by atoms with Crippen molar-refractivity contribution in [3.8, 4) is 6.07 Å². The van der Waals surface area contributed by atoms with Crippen molar-refractivity contribution in [1.29, 1.82) is 5.26 Å². The van der Waals surface area contributed by atoms with Gasteiger partial charge in [0.1, 0.15) is 6.61 Å². The number of thioether (sulfide) groups is 1. The number of morpholine rings is 1. The highest BCUT2D eigenvalue weighted by molar-refractivity contribution is 8.00. The van der Waals surface area contributed by atoms with Crippen molar-refractivity contribution in [2.75, 3.05) is 19.0 Å². The summed E-state index contributed by atoms with van der Waals surface area (Å²) in [5, 5.41) is 18.2. The van der Waals surface area contributed by atoms with Crippen LogP contribution < -0.4 is 0 Å². The first-order chi connectivity index (χ1) is 17.0. The maximum Gasteiger partial charge on any atom is 0.300 e. The van der Waals surface area contributed by atoms with Crippen LogP contribution in [0.15, 0.2) is 54.6 Å². The highest BCUT2D eigenvalue weighted by Gasteiger charge is 2.43. The van der Waals surface area contributed by atoms with Crippen molar-refractivity contribution in [2.24, 2.45) is 5.92 Å². The Morgan fingerprint density at radius 1 is 1.17 bits per heavy atom. The van der Waals surface area contributed by atoms with Crippen LogP contribution in [0.5, 0.6) is 0 Å². The number of halogens is 2. The third kappa shape index (κ3) is 10.4. The molecule has 1 aliphatic heterocycles. The van der Waals surface area contributed by atoms with Crippen LogP contribution in [-0.4, -0.2) is 51.6 Å². The summed E-state index contributed by atoms with van der Waals surface area (Å²) in [6, 6.07) is 19.5. The lowest BCUT2D eigenvalue weighted by Crippen LogP contribution is -2.51. The summed E-state index contributed by atoms with van der Waals surface area (Å²) in [6.07, 6.45) is 2.30. The van der Waals surface area contributed by atoms with Gasteiger partial charge < -0.3 is 14.7 Å². The molecule has 1 saturated carbocycles. The molecule has 1 amide bonds. The summed E-state index contributed by atoms with van der Waals surface area (Å²) < 4.78 is 5.10. The number of carboxylic acids is 1. The molecule has 0 aromatic heterocycles. The molecule has 2 unspecified atom stereocenters. The molecule has 1 N–H and O–H groups in total. The number of carbonyl (C=O) groups excluding carboxylic acids is 1. The second-order valence-corrected chi connectivity index (χ2v) is 11.6. The average molecular weight is 552 g/mol. The van der Waals surface area contributed by atoms with Crippen LogP contribution in [0.2, 0.25) is 10.0 Å². The minimum Gasteiger partial charge on any atom is -0.481 e. The van der Waals surface area contributed by atoms with Crippen LogP contribution in [0.4, 0.5) is 0 Å². The van der Waals surface area contributed by atoms with E-state index < -0.39 is 10.7 Å². The number of aliphatic carboxylic acids is 1. The van der Waals surface area contributed by atoms with E-state index in [4.69, 9.17) is 37.8 Å². The maximum atomic E-state index is 12.7. The fourth-order valence-electron chi connectivity index (χ4n) is 3.61. The lowest BCUT2D eigenvalue weighted by atomic mass is 10.0. The molecule has 4 rings (SSSR count). The van der Waals surface area contributed by atoms with Crippen LogP contribution in [0.3, 0.4) is 0 Å². The fraction of sp³-hybridized carbons (Fsp3) is 0.444. The molecule has 9 heteroatoms. The number of carbonyl (C=O) groups is 2. The Bertz CT molecular complexity index is 1020. The van der Waals surface area contributed by atoms with Gasteiger partial charge in [-0.05, 0) is 62.4 Å². The number of hydrogen-bond donors (Lipinski definition) is 1. The standard InChI is InChI=1S/C19H23ClN2O2S.C6H5Cl.C2H4O2/c1-19(2,12-21)25-11-17(14-3-4-14)22-16(9-24-10-18(22)23)13-5-7-15(20)8-6-13;7-6-4-2-1-3-5-6;1-2(3)4/h5-8,14,16-17H,3-4,9-11H2,1-2H3;1-5H;1H3,(H,3,4). The van der Waals surface area contributed by atoms with E-state index in [0.717, 1.165) is 36.1 Å². The van der Waals surface area contributed by atoms with E-state index in [1.807, 2.05) is 73.3 Å². The van der Waals surface area contributed by atoms with Gasteiger partial charge in [-0.25, -0.2) is 0 Å². The maximum absolute atomic E-state index is 12.7. The van der Waals surface area contributed by atoms with Gasteiger partial charge in [-0.3, -0.25) is 9.59 Å². The Morgan fingerprint density at radius 3 is 2.19 bits per heavy atom. The van der Waals surface area contributed by atoms with Crippen molar-refractivity contribution in [3.05, 3.63) is 70.2 Å². The molecule has 1 heterocycles. The molecular formula is C27H32Cl2N2O4S. The van der Waals surface area contributed by atoms with Crippen molar-refractivity contribution in [3.63, 3.8) is 0 Å². The normalized spacial score (nSPS) is 18.1. The van der Waals surface area contributed by atoms with E-state index in [2.05, 4.69) is 6.07 Å². The summed E-state index contributed by atoms with van der Waals surface area (Å²) in [5.41, 5.74) is 1.05. The van der Waals surface area contributed by atoms with E-state index >= 15 is 0 Å². The minimum absolute atomic E-state index is 0.0402. The minimum atomic E-state index is -0.833. The van der Waals surface area contributed by atoms with E-state index in [1.165, 1.54) is 0 Å². The molecule has 1 saturated heterocycles. The zero-order valence-corrected chi connectivity index (χ0v) is 23.0. The van der Waals surface area contributed by atoms with Gasteiger partial charge in [-0.15, -0.1) is 11.8 Å². The van der Waals surface area contributed by atoms with E-state index in [1.54, 1.807) is 11.8 Å². The number of amides is 1. The Morgan fingerprint density at radius 2 is 1.72 bits per heavy atom. The molecule has 0 bridgehead atoms. The summed E-state index contributed by atoms with van der Waals surface area (Å²) in [6.45, 7) is 5.58. The van der Waals surface area contributed by atoms with Gasteiger partial charge in [0, 0.05) is 28.8 Å². The lowest BCUT2D eigenvalue weighted by molar-refractivity contribution is -0.152. The first-order valence-corrected chi connectivity index (χ1v) is 13.4. The molecule has 2 aromatic carbocycles. The monoisotopic (exact) mass is 550 g/mol. The Labute approximate surface area is 227 Å². The molecule has 0 spiro atoms. The van der Waals surface area contributed by atoms with Gasteiger partial charge in [-0.1, -0.05) is 53.5 Å². The SMILES string of the molecule is CC(=O)O.CC(C)(C#N)SCC(C1CC1)N1C(=O)COCC1c1ccc(Cl)cc1.Clc1ccccc1. The molecule has 6 nitrogen and oxygen atoms in total. The number of hydrogen-bond acceptors (Lipinski definition) is 5. The first kappa shape index (κ1) is 30.0. The third-order valence-electron chi connectivity index (χ3n) is 5.52. The summed E-state index contributed by atoms with van der Waals surface area (Å²) in [5.74, 6) is 0.512. The zero-order chi connectivity index (χ0) is 26.7. The van der Waals surface area contributed by atoms with Crippen LogP contribution in [0, 0.1) is 17.2 Å². The van der Waals surface area contributed by atoms with Gasteiger partial charge in [0.05, 0.1) is 23.5 Å². The van der Waals surface area contributed by atoms with Crippen LogP contribution in [-0.2, 0) is 14.3 Å². The van der Waals surface area contributed by atoms with Crippen molar-refractivity contribution >= 4 is 46.8 Å². The summed E-state index contributed by atoms with van der Waals surface area (Å²) in [7, 11) is 0. The van der Waals surface area contributed by atoms with Gasteiger partial charge in [0.2, 0.25) is 5.91 Å². The van der Waals surface area contributed by atoms with Gasteiger partial charge >= 0.3 is 0 Å². The number of nitriles is 1. The Kier molecular flexibility index (Phi) is 12.1. The molecule has 36 heavy (non-hydrogen) atoms. The van der Waals surface area contributed by atoms with Crippen molar-refractivity contribution in [2.45, 2.75) is 50.4 Å². The Balaban J connectivity index is 0.000000344. The zero-order valence-electron chi connectivity index (χ0n) is 20.7. The van der Waals surface area contributed by atoms with E-state index in [9.17, 15) is 10.1 Å². The molecule has 0 radical (unpaired) electrons. The molecule has 194 valence electrons. The summed E-state index contributed by atoms with van der Waals surface area (Å²) in [4.78, 5) is 23.7.